The van der Waals surface area contributed by atoms with Crippen molar-refractivity contribution in [1.82, 2.24) is 5.32 Å². The number of nitrogens with one attached hydrogen (secondary N) is 1. The third-order valence-electron chi connectivity index (χ3n) is 3.70. The predicted molar refractivity (Wildman–Crippen MR) is 83.7 cm³/mol. The fourth-order valence-corrected chi connectivity index (χ4v) is 2.50. The van der Waals surface area contributed by atoms with Gasteiger partial charge in [-0.1, -0.05) is 24.3 Å². The van der Waals surface area contributed by atoms with Gasteiger partial charge in [-0.2, -0.15) is 0 Å². The number of aliphatic imine (C=N–C) groups is 1. The van der Waals surface area contributed by atoms with Gasteiger partial charge in [0.05, 0.1) is 11.8 Å². The Hall–Kier alpha value is -2.40. The summed E-state index contributed by atoms with van der Waals surface area (Å²) in [6.07, 6.45) is 4.37. The molecule has 0 spiro atoms. The summed E-state index contributed by atoms with van der Waals surface area (Å²) in [5.74, 6) is -2.02. The molecule has 0 saturated heterocycles. The van der Waals surface area contributed by atoms with Gasteiger partial charge in [-0.05, 0) is 41.8 Å². The summed E-state index contributed by atoms with van der Waals surface area (Å²) in [5, 5.41) is 3.28. The van der Waals surface area contributed by atoms with Gasteiger partial charge in [0.15, 0.2) is 11.6 Å². The van der Waals surface area contributed by atoms with E-state index in [1.165, 1.54) is 18.2 Å². The number of benzene rings is 2. The molecule has 3 rings (SSSR count). The second-order valence-electron chi connectivity index (χ2n) is 5.32. The van der Waals surface area contributed by atoms with E-state index in [2.05, 4.69) is 10.3 Å². The predicted octanol–water partition coefficient (Wildman–Crippen LogP) is 3.97. The SMILES string of the molecule is Fc1ccc(C2=NC=CCC2NCc2ccc(F)c(F)c2)cc1. The van der Waals surface area contributed by atoms with Crippen LogP contribution in [0.2, 0.25) is 0 Å². The summed E-state index contributed by atoms with van der Waals surface area (Å²) < 4.78 is 39.3. The van der Waals surface area contributed by atoms with Crippen molar-refractivity contribution in [1.29, 1.82) is 0 Å². The normalized spacial score (nSPS) is 17.2. The van der Waals surface area contributed by atoms with Crippen LogP contribution in [0.3, 0.4) is 0 Å². The summed E-state index contributed by atoms with van der Waals surface area (Å²) in [6, 6.07) is 9.90. The average Bonchev–Trinajstić information content (AvgIpc) is 2.57. The number of nitrogens with zero attached hydrogens (tertiary/aromatic N) is 1. The molecule has 1 aliphatic rings. The van der Waals surface area contributed by atoms with Gasteiger partial charge in [0, 0.05) is 12.7 Å². The smallest absolute Gasteiger partial charge is 0.159 e. The molecule has 1 aliphatic heterocycles. The van der Waals surface area contributed by atoms with E-state index in [0.29, 0.717) is 12.1 Å². The molecule has 1 unspecified atom stereocenters. The largest absolute Gasteiger partial charge is 0.304 e. The van der Waals surface area contributed by atoms with Crippen LogP contribution in [-0.4, -0.2) is 11.8 Å². The first kappa shape index (κ1) is 15.5. The van der Waals surface area contributed by atoms with Crippen molar-refractivity contribution in [2.75, 3.05) is 0 Å². The molecule has 0 aliphatic carbocycles. The quantitative estimate of drug-likeness (QED) is 0.907. The van der Waals surface area contributed by atoms with Gasteiger partial charge in [-0.15, -0.1) is 0 Å². The van der Waals surface area contributed by atoms with E-state index in [1.54, 1.807) is 24.4 Å². The lowest BCUT2D eigenvalue weighted by molar-refractivity contribution is 0.505. The van der Waals surface area contributed by atoms with Crippen molar-refractivity contribution in [2.24, 2.45) is 4.99 Å². The first-order valence-electron chi connectivity index (χ1n) is 7.29. The minimum Gasteiger partial charge on any atom is -0.304 e. The Morgan fingerprint density at radius 2 is 1.78 bits per heavy atom. The van der Waals surface area contributed by atoms with Gasteiger partial charge in [0.25, 0.3) is 0 Å². The van der Waals surface area contributed by atoms with Gasteiger partial charge in [-0.3, -0.25) is 4.99 Å². The summed E-state index contributed by atoms with van der Waals surface area (Å²) in [7, 11) is 0. The Bertz CT molecular complexity index is 751. The van der Waals surface area contributed by atoms with Crippen LogP contribution in [-0.2, 0) is 6.54 Å². The van der Waals surface area contributed by atoms with Crippen LogP contribution in [0.25, 0.3) is 0 Å². The highest BCUT2D eigenvalue weighted by atomic mass is 19.2. The molecule has 1 N–H and O–H groups in total. The summed E-state index contributed by atoms with van der Waals surface area (Å²) >= 11 is 0. The van der Waals surface area contributed by atoms with E-state index in [1.807, 2.05) is 6.08 Å². The molecular formula is C18H15F3N2. The van der Waals surface area contributed by atoms with E-state index in [0.717, 1.165) is 23.8 Å². The molecule has 0 radical (unpaired) electrons. The third kappa shape index (κ3) is 3.68. The molecule has 0 aromatic heterocycles. The Labute approximate surface area is 132 Å². The van der Waals surface area contributed by atoms with Crippen molar-refractivity contribution in [2.45, 2.75) is 19.0 Å². The van der Waals surface area contributed by atoms with Crippen molar-refractivity contribution in [3.63, 3.8) is 0 Å². The van der Waals surface area contributed by atoms with Crippen LogP contribution >= 0.6 is 0 Å². The Balaban J connectivity index is 1.73. The van der Waals surface area contributed by atoms with Gasteiger partial charge in [-0.25, -0.2) is 13.2 Å². The number of hydrogen-bond donors (Lipinski definition) is 1. The highest BCUT2D eigenvalue weighted by molar-refractivity contribution is 6.05. The van der Waals surface area contributed by atoms with Crippen molar-refractivity contribution in [3.05, 3.63) is 83.3 Å². The van der Waals surface area contributed by atoms with Gasteiger partial charge < -0.3 is 5.32 Å². The maximum atomic E-state index is 13.3. The molecule has 0 fully saturated rings. The lowest BCUT2D eigenvalue weighted by Crippen LogP contribution is -2.37. The Morgan fingerprint density at radius 3 is 2.52 bits per heavy atom. The maximum absolute atomic E-state index is 13.3. The monoisotopic (exact) mass is 316 g/mol. The number of halogens is 3. The van der Waals surface area contributed by atoms with Crippen LogP contribution in [0, 0.1) is 17.5 Å². The first-order valence-corrected chi connectivity index (χ1v) is 7.29. The second kappa shape index (κ2) is 6.79. The van der Waals surface area contributed by atoms with Gasteiger partial charge >= 0.3 is 0 Å². The minimum absolute atomic E-state index is 0.0708. The third-order valence-corrected chi connectivity index (χ3v) is 3.70. The van der Waals surface area contributed by atoms with Crippen LogP contribution in [0.4, 0.5) is 13.2 Å². The Kier molecular flexibility index (Phi) is 4.57. The zero-order chi connectivity index (χ0) is 16.2. The fraction of sp³-hybridized carbons (Fsp3) is 0.167. The molecule has 2 aromatic rings. The lowest BCUT2D eigenvalue weighted by Gasteiger charge is -2.22. The molecule has 23 heavy (non-hydrogen) atoms. The first-order chi connectivity index (χ1) is 11.1. The standard InChI is InChI=1S/C18H15F3N2/c19-14-6-4-13(5-7-14)18-17(2-1-9-22-18)23-11-12-3-8-15(20)16(21)10-12/h1,3-10,17,23H,2,11H2. The zero-order valence-electron chi connectivity index (χ0n) is 12.3. The van der Waals surface area contributed by atoms with Gasteiger partial charge in [0.2, 0.25) is 0 Å². The topological polar surface area (TPSA) is 24.4 Å². The number of rotatable bonds is 4. The molecule has 0 saturated carbocycles. The molecule has 0 amide bonds. The molecule has 1 atom stereocenters. The summed E-state index contributed by atoms with van der Waals surface area (Å²) in [5.41, 5.74) is 2.28. The van der Waals surface area contributed by atoms with E-state index in [9.17, 15) is 13.2 Å². The molecule has 5 heteroatoms. The van der Waals surface area contributed by atoms with Crippen molar-refractivity contribution in [3.8, 4) is 0 Å². The second-order valence-corrected chi connectivity index (χ2v) is 5.32. The van der Waals surface area contributed by atoms with Gasteiger partial charge in [0.1, 0.15) is 5.82 Å². The highest BCUT2D eigenvalue weighted by Crippen LogP contribution is 2.15. The number of hydrogen-bond acceptors (Lipinski definition) is 2. The lowest BCUT2D eigenvalue weighted by atomic mass is 9.98. The molecule has 118 valence electrons. The van der Waals surface area contributed by atoms with E-state index in [4.69, 9.17) is 0 Å². The maximum Gasteiger partial charge on any atom is 0.159 e. The zero-order valence-corrected chi connectivity index (χ0v) is 12.3. The molecule has 2 nitrogen and oxygen atoms in total. The molecular weight excluding hydrogens is 301 g/mol. The molecule has 1 heterocycles. The summed E-state index contributed by atoms with van der Waals surface area (Å²) in [6.45, 7) is 0.385. The van der Waals surface area contributed by atoms with E-state index in [-0.39, 0.29) is 11.9 Å². The van der Waals surface area contributed by atoms with E-state index < -0.39 is 11.6 Å². The van der Waals surface area contributed by atoms with Crippen molar-refractivity contribution < 1.29 is 13.2 Å². The summed E-state index contributed by atoms with van der Waals surface area (Å²) in [4.78, 5) is 4.37. The molecule has 2 aromatic carbocycles. The van der Waals surface area contributed by atoms with Crippen LogP contribution in [0.1, 0.15) is 17.5 Å². The van der Waals surface area contributed by atoms with Crippen LogP contribution in [0.15, 0.2) is 59.7 Å². The average molecular weight is 316 g/mol. The van der Waals surface area contributed by atoms with Crippen LogP contribution in [0.5, 0.6) is 0 Å². The molecule has 0 bridgehead atoms. The fourth-order valence-electron chi connectivity index (χ4n) is 2.50. The van der Waals surface area contributed by atoms with E-state index >= 15 is 0 Å². The minimum atomic E-state index is -0.861. The highest BCUT2D eigenvalue weighted by Gasteiger charge is 2.18. The Morgan fingerprint density at radius 1 is 1.00 bits per heavy atom. The van der Waals surface area contributed by atoms with Crippen LogP contribution < -0.4 is 5.32 Å². The van der Waals surface area contributed by atoms with Crippen molar-refractivity contribution >= 4 is 5.71 Å².